The summed E-state index contributed by atoms with van der Waals surface area (Å²) < 4.78 is 20.3. The maximum absolute atomic E-state index is 13.8. The third kappa shape index (κ3) is 4.45. The summed E-state index contributed by atoms with van der Waals surface area (Å²) >= 11 is 0. The van der Waals surface area contributed by atoms with Crippen LogP contribution in [-0.2, 0) is 6.54 Å². The number of H-pyrrole nitrogens is 1. The van der Waals surface area contributed by atoms with Gasteiger partial charge in [0.15, 0.2) is 5.82 Å². The molecule has 180 valence electrons. The predicted octanol–water partition coefficient (Wildman–Crippen LogP) is 3.37. The van der Waals surface area contributed by atoms with Gasteiger partial charge < -0.3 is 19.8 Å². The van der Waals surface area contributed by atoms with E-state index in [1.54, 1.807) is 12.1 Å². The van der Waals surface area contributed by atoms with Crippen LogP contribution in [0.25, 0.3) is 17.1 Å². The highest BCUT2D eigenvalue weighted by Gasteiger charge is 2.24. The molecular formula is C25H23FN4O5. The first-order valence-corrected chi connectivity index (χ1v) is 10.6. The molecule has 3 N–H and O–H groups in total. The summed E-state index contributed by atoms with van der Waals surface area (Å²) in [6.45, 7) is 1.81. The van der Waals surface area contributed by atoms with Gasteiger partial charge >= 0.3 is 5.69 Å². The molecule has 1 aromatic heterocycles. The lowest BCUT2D eigenvalue weighted by Crippen LogP contribution is -2.26. The number of phenolic OH excluding ortho intramolecular Hbond substituents is 2. The summed E-state index contributed by atoms with van der Waals surface area (Å²) in [5.41, 5.74) is 1.15. The number of benzene rings is 3. The summed E-state index contributed by atoms with van der Waals surface area (Å²) in [4.78, 5) is 27.0. The van der Waals surface area contributed by atoms with Crippen LogP contribution in [0.2, 0.25) is 0 Å². The predicted molar refractivity (Wildman–Crippen MR) is 126 cm³/mol. The standard InChI is InChI=1S/C25H23FN4O5/c1-14-6-4-5-7-19(14)30-23(27-28-25(30)34)17-11-18(21(32)12-20(17)31)24(33)29(2)13-15-10-16(26)8-9-22(15)35-3/h4-12,31-32H,13H2,1-3H3,(H,28,34). The van der Waals surface area contributed by atoms with Gasteiger partial charge in [0, 0.05) is 25.2 Å². The highest BCUT2D eigenvalue weighted by Crippen LogP contribution is 2.35. The number of methoxy groups -OCH3 is 1. The molecule has 0 saturated carbocycles. The van der Waals surface area contributed by atoms with Crippen LogP contribution in [-0.4, -0.2) is 49.9 Å². The van der Waals surface area contributed by atoms with Crippen molar-refractivity contribution in [1.29, 1.82) is 0 Å². The zero-order valence-corrected chi connectivity index (χ0v) is 19.2. The Bertz CT molecular complexity index is 1480. The van der Waals surface area contributed by atoms with Crippen LogP contribution in [0.4, 0.5) is 4.39 Å². The number of aromatic nitrogens is 3. The molecule has 0 saturated heterocycles. The van der Waals surface area contributed by atoms with Crippen molar-refractivity contribution >= 4 is 5.91 Å². The number of aryl methyl sites for hydroxylation is 1. The first-order chi connectivity index (χ1) is 16.7. The Morgan fingerprint density at radius 1 is 1.14 bits per heavy atom. The van der Waals surface area contributed by atoms with Crippen molar-refractivity contribution < 1.29 is 24.1 Å². The number of aromatic amines is 1. The molecule has 0 radical (unpaired) electrons. The molecule has 35 heavy (non-hydrogen) atoms. The molecule has 0 atom stereocenters. The van der Waals surface area contributed by atoms with Crippen molar-refractivity contribution in [2.24, 2.45) is 0 Å². The Kier molecular flexibility index (Phi) is 6.28. The second-order valence-electron chi connectivity index (χ2n) is 7.98. The zero-order chi connectivity index (χ0) is 25.3. The lowest BCUT2D eigenvalue weighted by atomic mass is 10.1. The minimum Gasteiger partial charge on any atom is -0.507 e. The Morgan fingerprint density at radius 3 is 2.60 bits per heavy atom. The molecule has 0 spiro atoms. The number of carbonyl (C=O) groups is 1. The third-order valence-corrected chi connectivity index (χ3v) is 5.61. The smallest absolute Gasteiger partial charge is 0.348 e. The number of nitrogens with one attached hydrogen (secondary N) is 1. The highest BCUT2D eigenvalue weighted by molar-refractivity contribution is 5.98. The molecule has 9 nitrogen and oxygen atoms in total. The number of phenols is 2. The van der Waals surface area contributed by atoms with E-state index in [0.29, 0.717) is 17.0 Å². The summed E-state index contributed by atoms with van der Waals surface area (Å²) in [7, 11) is 2.92. The van der Waals surface area contributed by atoms with E-state index in [0.717, 1.165) is 11.6 Å². The van der Waals surface area contributed by atoms with E-state index in [1.807, 2.05) is 19.1 Å². The van der Waals surface area contributed by atoms with Crippen molar-refractivity contribution in [3.63, 3.8) is 0 Å². The van der Waals surface area contributed by atoms with Crippen LogP contribution in [0.1, 0.15) is 21.5 Å². The Morgan fingerprint density at radius 2 is 1.89 bits per heavy atom. The third-order valence-electron chi connectivity index (χ3n) is 5.61. The molecule has 1 heterocycles. The van der Waals surface area contributed by atoms with E-state index >= 15 is 0 Å². The molecule has 0 bridgehead atoms. The van der Waals surface area contributed by atoms with Gasteiger partial charge in [-0.25, -0.2) is 18.9 Å². The number of halogens is 1. The fraction of sp³-hybridized carbons (Fsp3) is 0.160. The fourth-order valence-electron chi connectivity index (χ4n) is 3.85. The van der Waals surface area contributed by atoms with Crippen LogP contribution in [0.15, 0.2) is 59.4 Å². The quantitative estimate of drug-likeness (QED) is 0.391. The van der Waals surface area contributed by atoms with Crippen LogP contribution in [0, 0.1) is 12.7 Å². The van der Waals surface area contributed by atoms with Crippen molar-refractivity contribution in [1.82, 2.24) is 19.7 Å². The number of nitrogens with zero attached hydrogens (tertiary/aromatic N) is 3. The molecule has 1 amide bonds. The normalized spacial score (nSPS) is 10.9. The molecule has 4 rings (SSSR count). The molecule has 0 fully saturated rings. The maximum Gasteiger partial charge on any atom is 0.348 e. The number of amides is 1. The summed E-state index contributed by atoms with van der Waals surface area (Å²) in [6, 6.07) is 13.4. The average Bonchev–Trinajstić information content (AvgIpc) is 3.20. The van der Waals surface area contributed by atoms with Crippen molar-refractivity contribution in [3.8, 4) is 34.3 Å². The van der Waals surface area contributed by atoms with E-state index in [-0.39, 0.29) is 29.2 Å². The number of carbonyl (C=O) groups excluding carboxylic acids is 1. The van der Waals surface area contributed by atoms with E-state index in [1.165, 1.54) is 47.9 Å². The lowest BCUT2D eigenvalue weighted by molar-refractivity contribution is 0.0781. The number of ether oxygens (including phenoxy) is 1. The van der Waals surface area contributed by atoms with E-state index in [9.17, 15) is 24.2 Å². The molecule has 0 aliphatic heterocycles. The molecule has 0 aliphatic rings. The summed E-state index contributed by atoms with van der Waals surface area (Å²) in [5.74, 6) is -1.46. The van der Waals surface area contributed by atoms with Gasteiger partial charge in [-0.15, -0.1) is 0 Å². The molecule has 10 heteroatoms. The fourth-order valence-corrected chi connectivity index (χ4v) is 3.85. The largest absolute Gasteiger partial charge is 0.507 e. The van der Waals surface area contributed by atoms with E-state index in [2.05, 4.69) is 10.2 Å². The Hall–Kier alpha value is -4.60. The van der Waals surface area contributed by atoms with Gasteiger partial charge in [0.1, 0.15) is 23.1 Å². The van der Waals surface area contributed by atoms with Gasteiger partial charge in [-0.1, -0.05) is 18.2 Å². The number of hydrogen-bond acceptors (Lipinski definition) is 6. The van der Waals surface area contributed by atoms with Crippen molar-refractivity contribution in [2.45, 2.75) is 13.5 Å². The van der Waals surface area contributed by atoms with Gasteiger partial charge in [-0.2, -0.15) is 5.10 Å². The SMILES string of the molecule is COc1ccc(F)cc1CN(C)C(=O)c1cc(-c2n[nH]c(=O)n2-c2ccccc2C)c(O)cc1O. The first kappa shape index (κ1) is 23.6. The second kappa shape index (κ2) is 9.34. The van der Waals surface area contributed by atoms with Crippen LogP contribution in [0.5, 0.6) is 17.2 Å². The molecule has 4 aromatic rings. The Labute approximate surface area is 199 Å². The average molecular weight is 478 g/mol. The molecule has 0 unspecified atom stereocenters. The van der Waals surface area contributed by atoms with Gasteiger partial charge in [0.05, 0.1) is 23.9 Å². The minimum absolute atomic E-state index is 0.00820. The van der Waals surface area contributed by atoms with Crippen LogP contribution < -0.4 is 10.4 Å². The second-order valence-corrected chi connectivity index (χ2v) is 7.98. The summed E-state index contributed by atoms with van der Waals surface area (Å²) in [6.07, 6.45) is 0. The number of hydrogen-bond donors (Lipinski definition) is 3. The van der Waals surface area contributed by atoms with Gasteiger partial charge in [-0.3, -0.25) is 4.79 Å². The topological polar surface area (TPSA) is 121 Å². The molecular weight excluding hydrogens is 455 g/mol. The Balaban J connectivity index is 1.75. The van der Waals surface area contributed by atoms with Crippen LogP contribution in [0.3, 0.4) is 0 Å². The minimum atomic E-state index is -0.601. The molecule has 0 aliphatic carbocycles. The van der Waals surface area contributed by atoms with E-state index < -0.39 is 23.2 Å². The number of rotatable bonds is 6. The maximum atomic E-state index is 13.8. The van der Waals surface area contributed by atoms with Crippen molar-refractivity contribution in [2.75, 3.05) is 14.2 Å². The molecule has 3 aromatic carbocycles. The van der Waals surface area contributed by atoms with Gasteiger partial charge in [0.25, 0.3) is 5.91 Å². The highest BCUT2D eigenvalue weighted by atomic mass is 19.1. The van der Waals surface area contributed by atoms with Gasteiger partial charge in [0.2, 0.25) is 0 Å². The lowest BCUT2D eigenvalue weighted by Gasteiger charge is -2.20. The summed E-state index contributed by atoms with van der Waals surface area (Å²) in [5, 5.41) is 27.4. The van der Waals surface area contributed by atoms with E-state index in [4.69, 9.17) is 4.74 Å². The number of aromatic hydroxyl groups is 2. The first-order valence-electron chi connectivity index (χ1n) is 10.6. The van der Waals surface area contributed by atoms with Gasteiger partial charge in [-0.05, 0) is 42.8 Å². The van der Waals surface area contributed by atoms with Crippen LogP contribution >= 0.6 is 0 Å². The number of para-hydroxylation sites is 1. The van der Waals surface area contributed by atoms with Crippen molar-refractivity contribution in [3.05, 3.63) is 87.6 Å². The zero-order valence-electron chi connectivity index (χ0n) is 19.2. The monoisotopic (exact) mass is 478 g/mol.